The molecule has 0 saturated carbocycles. The minimum absolute atomic E-state index is 0.253. The lowest BCUT2D eigenvalue weighted by molar-refractivity contribution is 0.102. The van der Waals surface area contributed by atoms with Gasteiger partial charge in [0.25, 0.3) is 5.91 Å². The summed E-state index contributed by atoms with van der Waals surface area (Å²) in [6.07, 6.45) is 4.20. The van der Waals surface area contributed by atoms with Crippen molar-refractivity contribution in [3.05, 3.63) is 72.6 Å². The predicted octanol–water partition coefficient (Wildman–Crippen LogP) is 4.69. The van der Waals surface area contributed by atoms with Crippen molar-refractivity contribution in [1.29, 1.82) is 0 Å². The van der Waals surface area contributed by atoms with E-state index >= 15 is 0 Å². The second-order valence-electron chi connectivity index (χ2n) is 6.98. The van der Waals surface area contributed by atoms with Crippen molar-refractivity contribution >= 4 is 28.7 Å². The number of aromatic nitrogens is 1. The Hall–Kier alpha value is -3.54. The van der Waals surface area contributed by atoms with Gasteiger partial charge in [0.2, 0.25) is 0 Å². The lowest BCUT2D eigenvalue weighted by Gasteiger charge is -2.18. The fraction of sp³-hybridized carbons (Fsp3) is 0.217. The van der Waals surface area contributed by atoms with Crippen LogP contribution in [0.4, 0.5) is 22.7 Å². The Morgan fingerprint density at radius 3 is 2.17 bits per heavy atom. The second kappa shape index (κ2) is 8.65. The van der Waals surface area contributed by atoms with Crippen LogP contribution >= 0.6 is 0 Å². The van der Waals surface area contributed by atoms with Gasteiger partial charge in [0.05, 0.1) is 19.0 Å². The maximum atomic E-state index is 12.4. The van der Waals surface area contributed by atoms with Crippen LogP contribution in [0.25, 0.3) is 0 Å². The molecule has 1 fully saturated rings. The van der Waals surface area contributed by atoms with Gasteiger partial charge in [-0.05, 0) is 73.5 Å². The third-order valence-corrected chi connectivity index (χ3v) is 4.97. The van der Waals surface area contributed by atoms with Crippen LogP contribution in [0.3, 0.4) is 0 Å². The van der Waals surface area contributed by atoms with Gasteiger partial charge in [0.1, 0.15) is 11.4 Å². The molecular weight excluding hydrogens is 364 g/mol. The molecule has 29 heavy (non-hydrogen) atoms. The highest BCUT2D eigenvalue weighted by Gasteiger charge is 2.12. The number of anilines is 4. The van der Waals surface area contributed by atoms with Crippen molar-refractivity contribution in [2.45, 2.75) is 12.8 Å². The van der Waals surface area contributed by atoms with Gasteiger partial charge in [-0.2, -0.15) is 0 Å². The van der Waals surface area contributed by atoms with E-state index < -0.39 is 0 Å². The first-order valence-electron chi connectivity index (χ1n) is 9.75. The Labute approximate surface area is 170 Å². The predicted molar refractivity (Wildman–Crippen MR) is 116 cm³/mol. The zero-order chi connectivity index (χ0) is 20.1. The lowest BCUT2D eigenvalue weighted by Crippen LogP contribution is -2.17. The molecule has 1 aliphatic heterocycles. The first-order chi connectivity index (χ1) is 14.2. The summed E-state index contributed by atoms with van der Waals surface area (Å²) in [6.45, 7) is 2.27. The van der Waals surface area contributed by atoms with Crippen LogP contribution in [0.2, 0.25) is 0 Å². The third-order valence-electron chi connectivity index (χ3n) is 4.97. The summed E-state index contributed by atoms with van der Waals surface area (Å²) >= 11 is 0. The fourth-order valence-electron chi connectivity index (χ4n) is 3.37. The summed E-state index contributed by atoms with van der Waals surface area (Å²) in [4.78, 5) is 19.1. The summed E-state index contributed by atoms with van der Waals surface area (Å²) in [5, 5.41) is 6.15. The van der Waals surface area contributed by atoms with Crippen molar-refractivity contribution in [3.63, 3.8) is 0 Å². The van der Waals surface area contributed by atoms with E-state index in [9.17, 15) is 4.79 Å². The molecule has 0 spiro atoms. The molecular formula is C23H24N4O2. The van der Waals surface area contributed by atoms with Gasteiger partial charge in [-0.1, -0.05) is 0 Å². The van der Waals surface area contributed by atoms with E-state index in [2.05, 4.69) is 44.8 Å². The van der Waals surface area contributed by atoms with E-state index in [1.54, 1.807) is 43.6 Å². The number of carbonyl (C=O) groups excluding carboxylic acids is 1. The smallest absolute Gasteiger partial charge is 0.274 e. The molecule has 0 radical (unpaired) electrons. The molecule has 1 aromatic heterocycles. The van der Waals surface area contributed by atoms with E-state index in [1.807, 2.05) is 6.07 Å². The van der Waals surface area contributed by atoms with Crippen LogP contribution in [0.15, 0.2) is 66.9 Å². The molecule has 1 amide bonds. The first kappa shape index (κ1) is 18.8. The van der Waals surface area contributed by atoms with Crippen LogP contribution in [0.1, 0.15) is 23.3 Å². The number of nitrogens with one attached hydrogen (secondary N) is 2. The molecule has 6 nitrogen and oxygen atoms in total. The Morgan fingerprint density at radius 2 is 1.55 bits per heavy atom. The summed E-state index contributed by atoms with van der Waals surface area (Å²) in [6, 6.07) is 19.1. The Morgan fingerprint density at radius 1 is 0.897 bits per heavy atom. The molecule has 6 heteroatoms. The molecule has 0 bridgehead atoms. The highest BCUT2D eigenvalue weighted by Crippen LogP contribution is 2.24. The molecule has 0 atom stereocenters. The molecule has 2 aromatic carbocycles. The lowest BCUT2D eigenvalue weighted by atomic mass is 10.2. The van der Waals surface area contributed by atoms with Gasteiger partial charge < -0.3 is 20.3 Å². The van der Waals surface area contributed by atoms with Gasteiger partial charge in [0.15, 0.2) is 0 Å². The SMILES string of the molecule is COc1ccc(NC(=O)c2ccc(Nc3ccc(N4CCCC4)cc3)cn2)cc1. The largest absolute Gasteiger partial charge is 0.497 e. The molecule has 0 unspecified atom stereocenters. The van der Waals surface area contributed by atoms with Gasteiger partial charge in [-0.25, -0.2) is 4.98 Å². The van der Waals surface area contributed by atoms with Crippen LogP contribution < -0.4 is 20.3 Å². The zero-order valence-electron chi connectivity index (χ0n) is 16.4. The van der Waals surface area contributed by atoms with Crippen molar-refractivity contribution in [3.8, 4) is 5.75 Å². The molecule has 148 valence electrons. The number of amides is 1. The Bertz CT molecular complexity index is 948. The highest BCUT2D eigenvalue weighted by atomic mass is 16.5. The van der Waals surface area contributed by atoms with Crippen molar-refractivity contribution in [1.82, 2.24) is 4.98 Å². The molecule has 0 aliphatic carbocycles. The monoisotopic (exact) mass is 388 g/mol. The Balaban J connectivity index is 1.36. The number of methoxy groups -OCH3 is 1. The van der Waals surface area contributed by atoms with E-state index in [4.69, 9.17) is 4.74 Å². The quantitative estimate of drug-likeness (QED) is 0.641. The normalized spacial score (nSPS) is 13.2. The summed E-state index contributed by atoms with van der Waals surface area (Å²) in [5.74, 6) is 0.488. The fourth-order valence-corrected chi connectivity index (χ4v) is 3.37. The standard InChI is InChI=1S/C23H24N4O2/c1-29-21-11-6-18(7-12-21)26-23(28)22-13-8-19(16-24-22)25-17-4-9-20(10-5-17)27-14-2-3-15-27/h4-13,16,25H,2-3,14-15H2,1H3,(H,26,28). The maximum absolute atomic E-state index is 12.4. The van der Waals surface area contributed by atoms with Crippen LogP contribution in [0, 0.1) is 0 Å². The molecule has 2 N–H and O–H groups in total. The average molecular weight is 388 g/mol. The van der Waals surface area contributed by atoms with E-state index in [-0.39, 0.29) is 5.91 Å². The van der Waals surface area contributed by atoms with Gasteiger partial charge >= 0.3 is 0 Å². The van der Waals surface area contributed by atoms with Gasteiger partial charge in [-0.15, -0.1) is 0 Å². The van der Waals surface area contributed by atoms with E-state index in [0.717, 1.165) is 30.2 Å². The maximum Gasteiger partial charge on any atom is 0.274 e. The van der Waals surface area contributed by atoms with Crippen molar-refractivity contribution < 1.29 is 9.53 Å². The minimum Gasteiger partial charge on any atom is -0.497 e. The topological polar surface area (TPSA) is 66.5 Å². The molecule has 2 heterocycles. The van der Waals surface area contributed by atoms with Crippen LogP contribution in [0.5, 0.6) is 5.75 Å². The number of hydrogen-bond acceptors (Lipinski definition) is 5. The number of ether oxygens (including phenoxy) is 1. The third kappa shape index (κ3) is 4.66. The van der Waals surface area contributed by atoms with E-state index in [0.29, 0.717) is 11.4 Å². The van der Waals surface area contributed by atoms with E-state index in [1.165, 1.54) is 18.5 Å². The molecule has 4 rings (SSSR count). The highest BCUT2D eigenvalue weighted by molar-refractivity contribution is 6.03. The summed E-state index contributed by atoms with van der Waals surface area (Å²) in [5.41, 5.74) is 4.13. The van der Waals surface area contributed by atoms with Crippen LogP contribution in [-0.4, -0.2) is 31.1 Å². The van der Waals surface area contributed by atoms with Crippen molar-refractivity contribution in [2.75, 3.05) is 35.7 Å². The van der Waals surface area contributed by atoms with Crippen LogP contribution in [-0.2, 0) is 0 Å². The Kier molecular flexibility index (Phi) is 5.61. The number of hydrogen-bond donors (Lipinski definition) is 2. The minimum atomic E-state index is -0.253. The first-order valence-corrected chi connectivity index (χ1v) is 9.75. The molecule has 1 saturated heterocycles. The number of nitrogens with zero attached hydrogens (tertiary/aromatic N) is 2. The number of carbonyl (C=O) groups is 1. The number of benzene rings is 2. The van der Waals surface area contributed by atoms with Gasteiger partial charge in [-0.3, -0.25) is 4.79 Å². The molecule has 3 aromatic rings. The summed E-state index contributed by atoms with van der Waals surface area (Å²) in [7, 11) is 1.61. The molecule has 1 aliphatic rings. The zero-order valence-corrected chi connectivity index (χ0v) is 16.4. The van der Waals surface area contributed by atoms with Gasteiger partial charge in [0, 0.05) is 30.2 Å². The summed E-state index contributed by atoms with van der Waals surface area (Å²) < 4.78 is 5.12. The number of rotatable bonds is 6. The van der Waals surface area contributed by atoms with Crippen molar-refractivity contribution in [2.24, 2.45) is 0 Å². The average Bonchev–Trinajstić information content (AvgIpc) is 3.30. The second-order valence-corrected chi connectivity index (χ2v) is 6.98. The number of pyridine rings is 1.